The van der Waals surface area contributed by atoms with Gasteiger partial charge in [-0.15, -0.1) is 0 Å². The second kappa shape index (κ2) is 8.50. The fourth-order valence-corrected chi connectivity index (χ4v) is 4.29. The third kappa shape index (κ3) is 4.18. The Morgan fingerprint density at radius 1 is 0.710 bits per heavy atom. The van der Waals surface area contributed by atoms with Crippen molar-refractivity contribution in [3.05, 3.63) is 89.5 Å². The van der Waals surface area contributed by atoms with Gasteiger partial charge in [0.2, 0.25) is 0 Å². The Morgan fingerprint density at radius 2 is 1.26 bits per heavy atom. The van der Waals surface area contributed by atoms with Crippen molar-refractivity contribution in [1.82, 2.24) is 14.5 Å². The third-order valence-electron chi connectivity index (χ3n) is 5.74. The number of nitrogens with zero attached hydrogens (tertiary/aromatic N) is 3. The highest BCUT2D eigenvalue weighted by Gasteiger charge is 2.20. The number of pyridine rings is 1. The standard InChI is InChI=1S/C28H31N3/c1-18(2)25-16-24(23-14-20(5)30-21(6)15-23)17-26(19(3)4)27(25)31-13-12-29-28(31)22-10-8-7-9-11-22/h7-19H,1-6H3. The van der Waals surface area contributed by atoms with E-state index < -0.39 is 0 Å². The van der Waals surface area contributed by atoms with Crippen LogP contribution in [0.4, 0.5) is 0 Å². The zero-order valence-corrected chi connectivity index (χ0v) is 19.3. The molecule has 0 atom stereocenters. The summed E-state index contributed by atoms with van der Waals surface area (Å²) < 4.78 is 2.27. The van der Waals surface area contributed by atoms with Crippen LogP contribution in [0, 0.1) is 13.8 Å². The monoisotopic (exact) mass is 409 g/mol. The van der Waals surface area contributed by atoms with Gasteiger partial charge in [0.05, 0.1) is 5.69 Å². The van der Waals surface area contributed by atoms with E-state index in [-0.39, 0.29) is 0 Å². The van der Waals surface area contributed by atoms with Crippen LogP contribution < -0.4 is 0 Å². The molecule has 4 rings (SSSR count). The van der Waals surface area contributed by atoms with E-state index in [2.05, 4.69) is 106 Å². The van der Waals surface area contributed by atoms with Gasteiger partial charge in [-0.05, 0) is 72.2 Å². The lowest BCUT2D eigenvalue weighted by Crippen LogP contribution is -2.08. The van der Waals surface area contributed by atoms with Gasteiger partial charge in [0.1, 0.15) is 5.82 Å². The van der Waals surface area contributed by atoms with Gasteiger partial charge in [-0.3, -0.25) is 9.55 Å². The number of imidazole rings is 1. The van der Waals surface area contributed by atoms with Gasteiger partial charge in [0.25, 0.3) is 0 Å². The normalized spacial score (nSPS) is 11.5. The quantitative estimate of drug-likeness (QED) is 0.342. The first-order valence-electron chi connectivity index (χ1n) is 11.1. The van der Waals surface area contributed by atoms with Crippen molar-refractivity contribution in [2.45, 2.75) is 53.4 Å². The molecule has 0 spiro atoms. The minimum absolute atomic E-state index is 0.377. The highest BCUT2D eigenvalue weighted by Crippen LogP contribution is 2.38. The Morgan fingerprint density at radius 3 is 1.81 bits per heavy atom. The van der Waals surface area contributed by atoms with Gasteiger partial charge in [-0.25, -0.2) is 4.98 Å². The van der Waals surface area contributed by atoms with Crippen molar-refractivity contribution in [2.24, 2.45) is 0 Å². The van der Waals surface area contributed by atoms with E-state index >= 15 is 0 Å². The number of hydrogen-bond acceptors (Lipinski definition) is 2. The summed E-state index contributed by atoms with van der Waals surface area (Å²) in [5, 5.41) is 0. The Bertz CT molecular complexity index is 1150. The molecule has 0 aliphatic heterocycles. The van der Waals surface area contributed by atoms with Gasteiger partial charge < -0.3 is 0 Å². The average Bonchev–Trinajstić information content (AvgIpc) is 3.22. The molecule has 4 aromatic rings. The minimum atomic E-state index is 0.377. The second-order valence-electron chi connectivity index (χ2n) is 8.94. The van der Waals surface area contributed by atoms with Crippen molar-refractivity contribution < 1.29 is 0 Å². The summed E-state index contributed by atoms with van der Waals surface area (Å²) in [6, 6.07) is 19.5. The fraction of sp³-hybridized carbons (Fsp3) is 0.286. The molecule has 158 valence electrons. The molecule has 0 aliphatic carbocycles. The predicted molar refractivity (Wildman–Crippen MR) is 130 cm³/mol. The van der Waals surface area contributed by atoms with E-state index in [1.165, 1.54) is 27.9 Å². The molecule has 31 heavy (non-hydrogen) atoms. The van der Waals surface area contributed by atoms with Crippen LogP contribution in [0.2, 0.25) is 0 Å². The molecule has 2 heterocycles. The van der Waals surface area contributed by atoms with Crippen molar-refractivity contribution in [1.29, 1.82) is 0 Å². The van der Waals surface area contributed by atoms with Crippen molar-refractivity contribution in [3.63, 3.8) is 0 Å². The smallest absolute Gasteiger partial charge is 0.144 e. The zero-order chi connectivity index (χ0) is 22.1. The molecule has 0 saturated heterocycles. The topological polar surface area (TPSA) is 30.7 Å². The Kier molecular flexibility index (Phi) is 5.77. The maximum atomic E-state index is 4.72. The molecule has 0 saturated carbocycles. The molecule has 2 aromatic heterocycles. The van der Waals surface area contributed by atoms with Crippen molar-refractivity contribution >= 4 is 0 Å². The summed E-state index contributed by atoms with van der Waals surface area (Å²) in [7, 11) is 0. The van der Waals surface area contributed by atoms with Gasteiger partial charge >= 0.3 is 0 Å². The van der Waals surface area contributed by atoms with E-state index in [0.717, 1.165) is 22.8 Å². The first kappa shape index (κ1) is 21.0. The van der Waals surface area contributed by atoms with Crippen molar-refractivity contribution in [3.8, 4) is 28.2 Å². The summed E-state index contributed by atoms with van der Waals surface area (Å²) in [6.45, 7) is 13.2. The van der Waals surface area contributed by atoms with Gasteiger partial charge in [-0.2, -0.15) is 0 Å². The first-order chi connectivity index (χ1) is 14.8. The van der Waals surface area contributed by atoms with Crippen LogP contribution in [0.3, 0.4) is 0 Å². The highest BCUT2D eigenvalue weighted by atomic mass is 15.1. The maximum absolute atomic E-state index is 4.72. The van der Waals surface area contributed by atoms with Crippen LogP contribution in [-0.4, -0.2) is 14.5 Å². The van der Waals surface area contributed by atoms with Gasteiger partial charge in [0, 0.05) is 29.3 Å². The molecule has 2 aromatic carbocycles. The lowest BCUT2D eigenvalue weighted by Gasteiger charge is -2.24. The average molecular weight is 410 g/mol. The maximum Gasteiger partial charge on any atom is 0.144 e. The van der Waals surface area contributed by atoms with E-state index in [1.54, 1.807) is 0 Å². The third-order valence-corrected chi connectivity index (χ3v) is 5.74. The number of rotatable bonds is 5. The predicted octanol–water partition coefficient (Wildman–Crippen LogP) is 7.46. The van der Waals surface area contributed by atoms with E-state index in [0.29, 0.717) is 11.8 Å². The summed E-state index contributed by atoms with van der Waals surface area (Å²) in [5.41, 5.74) is 9.65. The SMILES string of the molecule is Cc1cc(-c2cc(C(C)C)c(-n3ccnc3-c3ccccc3)c(C(C)C)c2)cc(C)n1. The molecule has 0 bridgehead atoms. The Hall–Kier alpha value is -3.20. The number of aryl methyl sites for hydroxylation is 2. The number of hydrogen-bond donors (Lipinski definition) is 0. The fourth-order valence-electron chi connectivity index (χ4n) is 4.29. The number of aromatic nitrogens is 3. The van der Waals surface area contributed by atoms with Crippen LogP contribution in [0.1, 0.15) is 62.0 Å². The van der Waals surface area contributed by atoms with Gasteiger partial charge in [-0.1, -0.05) is 58.0 Å². The van der Waals surface area contributed by atoms with Gasteiger partial charge in [0.15, 0.2) is 0 Å². The second-order valence-corrected chi connectivity index (χ2v) is 8.94. The molecule has 0 fully saturated rings. The largest absolute Gasteiger partial charge is 0.299 e. The Balaban J connectivity index is 1.99. The lowest BCUT2D eigenvalue weighted by atomic mass is 9.88. The summed E-state index contributed by atoms with van der Waals surface area (Å²) >= 11 is 0. The molecule has 0 N–H and O–H groups in total. The molecule has 0 aliphatic rings. The molecule has 3 heteroatoms. The molecule has 0 amide bonds. The van der Waals surface area contributed by atoms with Crippen LogP contribution in [0.15, 0.2) is 67.0 Å². The molecule has 0 unspecified atom stereocenters. The number of benzene rings is 2. The van der Waals surface area contributed by atoms with Crippen LogP contribution in [0.5, 0.6) is 0 Å². The Labute approximate surface area is 185 Å². The zero-order valence-electron chi connectivity index (χ0n) is 19.3. The van der Waals surface area contributed by atoms with E-state index in [1.807, 2.05) is 12.3 Å². The van der Waals surface area contributed by atoms with Crippen LogP contribution >= 0.6 is 0 Å². The minimum Gasteiger partial charge on any atom is -0.299 e. The lowest BCUT2D eigenvalue weighted by molar-refractivity contribution is 0.807. The van der Waals surface area contributed by atoms with Crippen LogP contribution in [0.25, 0.3) is 28.2 Å². The molecule has 0 radical (unpaired) electrons. The molecular weight excluding hydrogens is 378 g/mol. The summed E-state index contributed by atoms with van der Waals surface area (Å²) in [5.74, 6) is 1.73. The first-order valence-corrected chi connectivity index (χ1v) is 11.1. The van der Waals surface area contributed by atoms with Crippen molar-refractivity contribution in [2.75, 3.05) is 0 Å². The van der Waals surface area contributed by atoms with Crippen LogP contribution in [-0.2, 0) is 0 Å². The summed E-state index contributed by atoms with van der Waals surface area (Å²) in [4.78, 5) is 9.29. The molecule has 3 nitrogen and oxygen atoms in total. The van der Waals surface area contributed by atoms with E-state index in [9.17, 15) is 0 Å². The highest BCUT2D eigenvalue weighted by molar-refractivity contribution is 5.72. The van der Waals surface area contributed by atoms with E-state index in [4.69, 9.17) is 4.98 Å². The summed E-state index contributed by atoms with van der Waals surface area (Å²) in [6.07, 6.45) is 4.00. The molecular formula is C28H31N3.